The molecule has 1 aromatic heterocycles. The number of hydrogen-bond donors (Lipinski definition) is 3. The van der Waals surface area contributed by atoms with E-state index in [0.29, 0.717) is 0 Å². The van der Waals surface area contributed by atoms with Crippen LogP contribution in [0, 0.1) is 0 Å². The van der Waals surface area contributed by atoms with Gasteiger partial charge in [-0.1, -0.05) is 36.4 Å². The zero-order valence-corrected chi connectivity index (χ0v) is 11.3. The molecule has 3 rings (SSSR count). The fourth-order valence-corrected chi connectivity index (χ4v) is 2.24. The van der Waals surface area contributed by atoms with E-state index in [1.165, 1.54) is 5.56 Å². The first-order chi connectivity index (χ1) is 9.93. The van der Waals surface area contributed by atoms with Crippen LogP contribution in [-0.2, 0) is 6.54 Å². The number of nitrogens with one attached hydrogen (secondary N) is 3. The Balaban J connectivity index is 1.47. The van der Waals surface area contributed by atoms with Crippen LogP contribution < -0.4 is 10.6 Å². The van der Waals surface area contributed by atoms with Crippen LogP contribution >= 0.6 is 0 Å². The Labute approximate surface area is 118 Å². The molecular formula is C16H18N4. The number of rotatable bonds is 6. The molecule has 4 nitrogen and oxygen atoms in total. The van der Waals surface area contributed by atoms with Crippen molar-refractivity contribution in [1.82, 2.24) is 15.5 Å². The second kappa shape index (κ2) is 6.21. The summed E-state index contributed by atoms with van der Waals surface area (Å²) in [7, 11) is 0. The van der Waals surface area contributed by atoms with E-state index in [4.69, 9.17) is 0 Å². The summed E-state index contributed by atoms with van der Waals surface area (Å²) >= 11 is 0. The van der Waals surface area contributed by atoms with Crippen molar-refractivity contribution in [3.05, 3.63) is 60.3 Å². The molecular weight excluding hydrogens is 248 g/mol. The van der Waals surface area contributed by atoms with Crippen molar-refractivity contribution in [3.8, 4) is 0 Å². The number of aromatic amines is 1. The topological polar surface area (TPSA) is 52.7 Å². The van der Waals surface area contributed by atoms with Gasteiger partial charge in [-0.3, -0.25) is 5.10 Å². The van der Waals surface area contributed by atoms with Crippen molar-refractivity contribution in [2.24, 2.45) is 0 Å². The largest absolute Gasteiger partial charge is 0.383 e. The second-order valence-electron chi connectivity index (χ2n) is 4.73. The third kappa shape index (κ3) is 2.97. The van der Waals surface area contributed by atoms with Gasteiger partial charge in [-0.2, -0.15) is 5.10 Å². The van der Waals surface area contributed by atoms with Gasteiger partial charge in [-0.15, -0.1) is 0 Å². The molecule has 0 bridgehead atoms. The molecule has 1 heterocycles. The normalized spacial score (nSPS) is 10.8. The number of fused-ring (bicyclic) bond motifs is 1. The van der Waals surface area contributed by atoms with E-state index in [0.717, 1.165) is 36.2 Å². The van der Waals surface area contributed by atoms with E-state index in [1.54, 1.807) is 0 Å². The van der Waals surface area contributed by atoms with Gasteiger partial charge < -0.3 is 10.6 Å². The lowest BCUT2D eigenvalue weighted by molar-refractivity contribution is 0.707. The summed E-state index contributed by atoms with van der Waals surface area (Å²) < 4.78 is 0. The summed E-state index contributed by atoms with van der Waals surface area (Å²) in [6, 6.07) is 16.6. The lowest BCUT2D eigenvalue weighted by Crippen LogP contribution is -2.21. The first-order valence-electron chi connectivity index (χ1n) is 6.84. The third-order valence-corrected chi connectivity index (χ3v) is 3.27. The maximum atomic E-state index is 4.07. The Bertz CT molecular complexity index is 660. The van der Waals surface area contributed by atoms with Crippen LogP contribution in [0.2, 0.25) is 0 Å². The standard InChI is InChI=1S/C16H18N4/c1-2-5-13(6-3-1)11-17-9-10-18-15-7-4-8-16-14(15)12-19-20-16/h1-8,12,17-18H,9-11H2,(H,19,20). The molecule has 0 radical (unpaired) electrons. The van der Waals surface area contributed by atoms with Crippen molar-refractivity contribution in [2.75, 3.05) is 18.4 Å². The lowest BCUT2D eigenvalue weighted by Gasteiger charge is -2.08. The van der Waals surface area contributed by atoms with E-state index in [-0.39, 0.29) is 0 Å². The average molecular weight is 266 g/mol. The Hall–Kier alpha value is -2.33. The van der Waals surface area contributed by atoms with E-state index < -0.39 is 0 Å². The Morgan fingerprint density at radius 1 is 0.950 bits per heavy atom. The minimum absolute atomic E-state index is 0.886. The number of hydrogen-bond acceptors (Lipinski definition) is 3. The van der Waals surface area contributed by atoms with E-state index >= 15 is 0 Å². The van der Waals surface area contributed by atoms with E-state index in [2.05, 4.69) is 51.2 Å². The van der Waals surface area contributed by atoms with Gasteiger partial charge in [0.1, 0.15) is 0 Å². The molecule has 4 heteroatoms. The predicted molar refractivity (Wildman–Crippen MR) is 82.7 cm³/mol. The van der Waals surface area contributed by atoms with Crippen LogP contribution in [0.25, 0.3) is 10.9 Å². The van der Waals surface area contributed by atoms with Crippen LogP contribution in [0.1, 0.15) is 5.56 Å². The van der Waals surface area contributed by atoms with Crippen LogP contribution in [0.3, 0.4) is 0 Å². The molecule has 3 aromatic rings. The number of H-pyrrole nitrogens is 1. The Kier molecular flexibility index (Phi) is 3.94. The van der Waals surface area contributed by atoms with Crippen LogP contribution in [-0.4, -0.2) is 23.3 Å². The summed E-state index contributed by atoms with van der Waals surface area (Å²) in [6.45, 7) is 2.71. The summed E-state index contributed by atoms with van der Waals surface area (Å²) in [6.07, 6.45) is 1.86. The first-order valence-corrected chi connectivity index (χ1v) is 6.84. The third-order valence-electron chi connectivity index (χ3n) is 3.27. The zero-order chi connectivity index (χ0) is 13.6. The number of aromatic nitrogens is 2. The second-order valence-corrected chi connectivity index (χ2v) is 4.73. The molecule has 0 fully saturated rings. The maximum absolute atomic E-state index is 4.07. The first kappa shape index (κ1) is 12.7. The minimum Gasteiger partial charge on any atom is -0.383 e. The fourth-order valence-electron chi connectivity index (χ4n) is 2.24. The van der Waals surface area contributed by atoms with Gasteiger partial charge in [0.15, 0.2) is 0 Å². The minimum atomic E-state index is 0.886. The van der Waals surface area contributed by atoms with Gasteiger partial charge in [-0.05, 0) is 17.7 Å². The molecule has 0 saturated heterocycles. The van der Waals surface area contributed by atoms with Crippen LogP contribution in [0.5, 0.6) is 0 Å². The van der Waals surface area contributed by atoms with Crippen molar-refractivity contribution in [3.63, 3.8) is 0 Å². The molecule has 0 aliphatic rings. The zero-order valence-electron chi connectivity index (χ0n) is 11.3. The molecule has 20 heavy (non-hydrogen) atoms. The van der Waals surface area contributed by atoms with Gasteiger partial charge >= 0.3 is 0 Å². The maximum Gasteiger partial charge on any atom is 0.0671 e. The molecule has 0 atom stereocenters. The summed E-state index contributed by atoms with van der Waals surface area (Å²) in [5, 5.41) is 15.0. The number of benzene rings is 2. The summed E-state index contributed by atoms with van der Waals surface area (Å²) in [4.78, 5) is 0. The van der Waals surface area contributed by atoms with E-state index in [9.17, 15) is 0 Å². The van der Waals surface area contributed by atoms with Gasteiger partial charge in [0.2, 0.25) is 0 Å². The van der Waals surface area contributed by atoms with Gasteiger partial charge in [-0.25, -0.2) is 0 Å². The Morgan fingerprint density at radius 3 is 2.75 bits per heavy atom. The fraction of sp³-hybridized carbons (Fsp3) is 0.188. The quantitative estimate of drug-likeness (QED) is 0.601. The van der Waals surface area contributed by atoms with Gasteiger partial charge in [0.05, 0.1) is 11.7 Å². The molecule has 0 amide bonds. The van der Waals surface area contributed by atoms with Gasteiger partial charge in [0.25, 0.3) is 0 Å². The highest BCUT2D eigenvalue weighted by Crippen LogP contribution is 2.20. The monoisotopic (exact) mass is 266 g/mol. The lowest BCUT2D eigenvalue weighted by atomic mass is 10.2. The van der Waals surface area contributed by atoms with Crippen molar-refractivity contribution >= 4 is 16.6 Å². The summed E-state index contributed by atoms with van der Waals surface area (Å²) in [5.74, 6) is 0. The van der Waals surface area contributed by atoms with Crippen molar-refractivity contribution in [1.29, 1.82) is 0 Å². The molecule has 2 aromatic carbocycles. The SMILES string of the molecule is c1ccc(CNCCNc2cccc3[nH]ncc23)cc1. The Morgan fingerprint density at radius 2 is 1.85 bits per heavy atom. The number of anilines is 1. The molecule has 0 aliphatic carbocycles. The molecule has 0 unspecified atom stereocenters. The average Bonchev–Trinajstić information content (AvgIpc) is 2.97. The van der Waals surface area contributed by atoms with Crippen molar-refractivity contribution < 1.29 is 0 Å². The molecule has 102 valence electrons. The summed E-state index contributed by atoms with van der Waals surface area (Å²) in [5.41, 5.74) is 3.49. The molecule has 0 spiro atoms. The predicted octanol–water partition coefficient (Wildman–Crippen LogP) is 2.76. The highest BCUT2D eigenvalue weighted by Gasteiger charge is 2.00. The molecule has 3 N–H and O–H groups in total. The van der Waals surface area contributed by atoms with Crippen LogP contribution in [0.4, 0.5) is 5.69 Å². The molecule has 0 aliphatic heterocycles. The molecule has 0 saturated carbocycles. The smallest absolute Gasteiger partial charge is 0.0671 e. The number of nitrogens with zero attached hydrogens (tertiary/aromatic N) is 1. The van der Waals surface area contributed by atoms with Crippen LogP contribution in [0.15, 0.2) is 54.7 Å². The van der Waals surface area contributed by atoms with Crippen molar-refractivity contribution in [2.45, 2.75) is 6.54 Å². The highest BCUT2D eigenvalue weighted by atomic mass is 15.1. The van der Waals surface area contributed by atoms with E-state index in [1.807, 2.05) is 24.4 Å². The highest BCUT2D eigenvalue weighted by molar-refractivity contribution is 5.90. The van der Waals surface area contributed by atoms with Gasteiger partial charge in [0, 0.05) is 30.7 Å².